The zero-order valence-electron chi connectivity index (χ0n) is 11.8. The smallest absolute Gasteiger partial charge is 0.337 e. The lowest BCUT2D eigenvalue weighted by Crippen LogP contribution is -2.31. The van der Waals surface area contributed by atoms with E-state index >= 15 is 0 Å². The Hall–Kier alpha value is -1.23. The van der Waals surface area contributed by atoms with E-state index in [1.165, 1.54) is 7.11 Å². The number of nitrogens with zero attached hydrogens (tertiary/aromatic N) is 1. The van der Waals surface area contributed by atoms with E-state index in [4.69, 9.17) is 39.5 Å². The fourth-order valence-corrected chi connectivity index (χ4v) is 2.36. The van der Waals surface area contributed by atoms with Gasteiger partial charge in [0.15, 0.2) is 0 Å². The monoisotopic (exact) mass is 361 g/mol. The highest BCUT2D eigenvalue weighted by atomic mass is 35.6. The molecule has 7 heteroatoms. The Labute approximate surface area is 143 Å². The van der Waals surface area contributed by atoms with Crippen LogP contribution in [0.25, 0.3) is 0 Å². The molecule has 0 fully saturated rings. The van der Waals surface area contributed by atoms with Crippen LogP contribution in [0.5, 0.6) is 0 Å². The van der Waals surface area contributed by atoms with Crippen LogP contribution in [0.1, 0.15) is 28.4 Å². The number of esters is 1. The molecule has 4 nitrogen and oxygen atoms in total. The lowest BCUT2D eigenvalue weighted by Gasteiger charge is -2.30. The van der Waals surface area contributed by atoms with Crippen LogP contribution in [0.2, 0.25) is 0 Å². The first-order valence-electron chi connectivity index (χ1n) is 6.47. The van der Waals surface area contributed by atoms with Gasteiger partial charge in [-0.2, -0.15) is 0 Å². The molecule has 0 radical (unpaired) electrons. The molecule has 1 aliphatic rings. The van der Waals surface area contributed by atoms with Crippen LogP contribution in [-0.2, 0) is 9.47 Å². The predicted molar refractivity (Wildman–Crippen MR) is 87.9 cm³/mol. The number of hydrogen-bond acceptors (Lipinski definition) is 4. The van der Waals surface area contributed by atoms with Gasteiger partial charge in [-0.1, -0.05) is 53.0 Å². The van der Waals surface area contributed by atoms with Gasteiger partial charge in [-0.15, -0.1) is 6.58 Å². The van der Waals surface area contributed by atoms with E-state index in [-0.39, 0.29) is 18.0 Å². The van der Waals surface area contributed by atoms with Crippen molar-refractivity contribution >= 4 is 46.7 Å². The third-order valence-electron chi connectivity index (χ3n) is 3.21. The van der Waals surface area contributed by atoms with Gasteiger partial charge in [-0.25, -0.2) is 9.79 Å². The molecule has 0 spiro atoms. The number of carbonyl (C=O) groups is 1. The summed E-state index contributed by atoms with van der Waals surface area (Å²) in [5, 5.41) is 0. The molecule has 0 saturated heterocycles. The van der Waals surface area contributed by atoms with Gasteiger partial charge >= 0.3 is 5.97 Å². The van der Waals surface area contributed by atoms with Crippen LogP contribution < -0.4 is 0 Å². The Morgan fingerprint density at radius 2 is 2.05 bits per heavy atom. The maximum Gasteiger partial charge on any atom is 0.337 e. The van der Waals surface area contributed by atoms with Crippen molar-refractivity contribution in [1.29, 1.82) is 0 Å². The van der Waals surface area contributed by atoms with Crippen LogP contribution in [0.4, 0.5) is 0 Å². The molecule has 0 amide bonds. The first-order chi connectivity index (χ1) is 10.3. The summed E-state index contributed by atoms with van der Waals surface area (Å²) < 4.78 is 8.62. The minimum Gasteiger partial charge on any atom is -0.470 e. The summed E-state index contributed by atoms with van der Waals surface area (Å²) in [6.45, 7) is 3.72. The Balaban J connectivity index is 2.24. The molecule has 1 aromatic carbocycles. The lowest BCUT2D eigenvalue weighted by atomic mass is 10.00. The van der Waals surface area contributed by atoms with Crippen molar-refractivity contribution in [2.24, 2.45) is 4.99 Å². The minimum absolute atomic E-state index is 0.0377. The average Bonchev–Trinajstić information content (AvgIpc) is 2.53. The van der Waals surface area contributed by atoms with E-state index in [1.807, 2.05) is 0 Å². The van der Waals surface area contributed by atoms with Gasteiger partial charge in [-0.3, -0.25) is 0 Å². The number of hydrogen-bond donors (Lipinski definition) is 0. The fraction of sp³-hybridized carbons (Fsp3) is 0.333. The zero-order valence-corrected chi connectivity index (χ0v) is 14.0. The van der Waals surface area contributed by atoms with Gasteiger partial charge in [-0.05, 0) is 17.7 Å². The van der Waals surface area contributed by atoms with E-state index in [0.717, 1.165) is 5.56 Å². The summed E-state index contributed by atoms with van der Waals surface area (Å²) in [6, 6.07) is 6.67. The molecule has 0 bridgehead atoms. The van der Waals surface area contributed by atoms with Gasteiger partial charge < -0.3 is 9.47 Å². The highest BCUT2D eigenvalue weighted by molar-refractivity contribution is 6.76. The largest absolute Gasteiger partial charge is 0.470 e. The first kappa shape index (κ1) is 17.1. The van der Waals surface area contributed by atoms with E-state index in [2.05, 4.69) is 16.3 Å². The van der Waals surface area contributed by atoms with Crippen molar-refractivity contribution < 1.29 is 14.3 Å². The molecular formula is C15H14Cl3NO3. The number of benzene rings is 1. The van der Waals surface area contributed by atoms with E-state index in [0.29, 0.717) is 12.0 Å². The zero-order chi connectivity index (χ0) is 16.3. The molecule has 1 heterocycles. The summed E-state index contributed by atoms with van der Waals surface area (Å²) >= 11 is 17.6. The van der Waals surface area contributed by atoms with Gasteiger partial charge in [0.2, 0.25) is 5.90 Å². The lowest BCUT2D eigenvalue weighted by molar-refractivity contribution is 0.0600. The molecule has 2 atom stereocenters. The average molecular weight is 363 g/mol. The molecule has 1 aliphatic heterocycles. The summed E-state index contributed by atoms with van der Waals surface area (Å²) in [6.07, 6.45) is 1.91. The highest BCUT2D eigenvalue weighted by Crippen LogP contribution is 2.37. The molecule has 0 saturated carbocycles. The summed E-state index contributed by atoms with van der Waals surface area (Å²) in [5.74, 6) is -0.362. The quantitative estimate of drug-likeness (QED) is 0.458. The van der Waals surface area contributed by atoms with Gasteiger partial charge in [0, 0.05) is 6.42 Å². The number of halogens is 3. The van der Waals surface area contributed by atoms with Crippen molar-refractivity contribution in [2.75, 3.05) is 7.11 Å². The van der Waals surface area contributed by atoms with Crippen molar-refractivity contribution in [3.05, 3.63) is 48.0 Å². The van der Waals surface area contributed by atoms with Crippen molar-refractivity contribution in [3.63, 3.8) is 0 Å². The Morgan fingerprint density at radius 3 is 2.55 bits per heavy atom. The number of rotatable bonds is 3. The molecule has 1 aromatic rings. The Kier molecular flexibility index (Phi) is 5.37. The third kappa shape index (κ3) is 3.94. The number of aliphatic imine (C=N–C) groups is 1. The number of ether oxygens (including phenoxy) is 2. The highest BCUT2D eigenvalue weighted by Gasteiger charge is 2.36. The molecular weight excluding hydrogens is 349 g/mol. The molecule has 22 heavy (non-hydrogen) atoms. The van der Waals surface area contributed by atoms with Crippen molar-refractivity contribution in [2.45, 2.75) is 22.4 Å². The third-order valence-corrected chi connectivity index (χ3v) is 3.70. The van der Waals surface area contributed by atoms with Crippen LogP contribution in [0.3, 0.4) is 0 Å². The van der Waals surface area contributed by atoms with Gasteiger partial charge in [0.05, 0.1) is 18.7 Å². The summed E-state index contributed by atoms with van der Waals surface area (Å²) in [7, 11) is 1.33. The van der Waals surface area contributed by atoms with E-state index in [1.54, 1.807) is 30.3 Å². The van der Waals surface area contributed by atoms with Crippen LogP contribution in [0.15, 0.2) is 41.9 Å². The number of methoxy groups -OCH3 is 1. The Morgan fingerprint density at radius 1 is 1.41 bits per heavy atom. The normalized spacial score (nSPS) is 21.5. The topological polar surface area (TPSA) is 47.9 Å². The van der Waals surface area contributed by atoms with E-state index < -0.39 is 9.76 Å². The minimum atomic E-state index is -1.73. The molecule has 2 unspecified atom stereocenters. The van der Waals surface area contributed by atoms with Gasteiger partial charge in [0.25, 0.3) is 3.79 Å². The van der Waals surface area contributed by atoms with Crippen LogP contribution in [-0.4, -0.2) is 28.8 Å². The number of carbonyl (C=O) groups excluding carboxylic acids is 1. The molecule has 0 aliphatic carbocycles. The molecule has 118 valence electrons. The fourth-order valence-electron chi connectivity index (χ4n) is 2.08. The van der Waals surface area contributed by atoms with Crippen molar-refractivity contribution in [1.82, 2.24) is 0 Å². The summed E-state index contributed by atoms with van der Waals surface area (Å²) in [4.78, 5) is 15.7. The molecule has 2 rings (SSSR count). The second-order valence-corrected chi connectivity index (χ2v) is 6.97. The van der Waals surface area contributed by atoms with Crippen LogP contribution >= 0.6 is 34.8 Å². The summed E-state index contributed by atoms with van der Waals surface area (Å²) in [5.41, 5.74) is 1.30. The van der Waals surface area contributed by atoms with Crippen LogP contribution in [0, 0.1) is 0 Å². The SMILES string of the molecule is C=CC1CC(c2ccc(C(=O)OC)cc2)OC(C(Cl)(Cl)Cl)=N1. The van der Waals surface area contributed by atoms with E-state index in [9.17, 15) is 4.79 Å². The second kappa shape index (κ2) is 6.90. The maximum absolute atomic E-state index is 11.4. The van der Waals surface area contributed by atoms with Gasteiger partial charge in [0.1, 0.15) is 6.10 Å². The molecule has 0 aromatic heterocycles. The number of alkyl halides is 3. The second-order valence-electron chi connectivity index (χ2n) is 4.69. The molecule has 0 N–H and O–H groups in total. The first-order valence-corrected chi connectivity index (χ1v) is 7.61. The standard InChI is InChI=1S/C15H14Cl3NO3/c1-3-11-8-12(22-14(19-11)15(16,17)18)9-4-6-10(7-5-9)13(20)21-2/h3-7,11-12H,1,8H2,2H3. The van der Waals surface area contributed by atoms with Crippen molar-refractivity contribution in [3.8, 4) is 0 Å². The Bertz CT molecular complexity index is 593. The predicted octanol–water partition coefficient (Wildman–Crippen LogP) is 4.26. The maximum atomic E-state index is 11.4.